The number of halogens is 1. The van der Waals surface area contributed by atoms with Crippen LogP contribution in [-0.4, -0.2) is 24.1 Å². The summed E-state index contributed by atoms with van der Waals surface area (Å²) >= 11 is 3.46. The summed E-state index contributed by atoms with van der Waals surface area (Å²) in [6.07, 6.45) is 4.80. The molecule has 3 nitrogen and oxygen atoms in total. The molecular weight excluding hydrogens is 230 g/mol. The first-order chi connectivity index (χ1) is 6.36. The first-order valence-corrected chi connectivity index (χ1v) is 5.22. The lowest BCUT2D eigenvalue weighted by Crippen LogP contribution is -2.22. The predicted molar refractivity (Wildman–Crippen MR) is 56.8 cm³/mol. The molecule has 0 aromatic carbocycles. The average molecular weight is 242 g/mol. The van der Waals surface area contributed by atoms with Gasteiger partial charge in [-0.2, -0.15) is 0 Å². The van der Waals surface area contributed by atoms with Gasteiger partial charge in [0.15, 0.2) is 0 Å². The summed E-state index contributed by atoms with van der Waals surface area (Å²) < 4.78 is 1.03. The summed E-state index contributed by atoms with van der Waals surface area (Å²) in [4.78, 5) is 4.02. The maximum absolute atomic E-state index is 4.02. The van der Waals surface area contributed by atoms with Crippen LogP contribution in [-0.2, 0) is 0 Å². The molecule has 2 rings (SSSR count). The van der Waals surface area contributed by atoms with Crippen molar-refractivity contribution in [3.63, 3.8) is 0 Å². The van der Waals surface area contributed by atoms with E-state index in [1.165, 1.54) is 6.42 Å². The highest BCUT2D eigenvalue weighted by Crippen LogP contribution is 2.21. The quantitative estimate of drug-likeness (QED) is 0.827. The third-order valence-electron chi connectivity index (χ3n) is 2.19. The molecule has 0 saturated carbocycles. The lowest BCUT2D eigenvalue weighted by Gasteiger charge is -2.13. The largest absolute Gasteiger partial charge is 0.380 e. The fourth-order valence-corrected chi connectivity index (χ4v) is 1.85. The van der Waals surface area contributed by atoms with Crippen LogP contribution in [0.1, 0.15) is 6.42 Å². The monoisotopic (exact) mass is 241 g/mol. The Balaban J connectivity index is 2.04. The van der Waals surface area contributed by atoms with Gasteiger partial charge in [-0.3, -0.25) is 4.98 Å². The molecule has 0 radical (unpaired) electrons. The van der Waals surface area contributed by atoms with Crippen molar-refractivity contribution in [2.45, 2.75) is 12.5 Å². The summed E-state index contributed by atoms with van der Waals surface area (Å²) in [5, 5.41) is 6.78. The predicted octanol–water partition coefficient (Wildman–Crippen LogP) is 1.62. The van der Waals surface area contributed by atoms with E-state index in [-0.39, 0.29) is 0 Å². The van der Waals surface area contributed by atoms with Crippen molar-refractivity contribution in [3.8, 4) is 0 Å². The number of anilines is 1. The zero-order valence-electron chi connectivity index (χ0n) is 7.26. The molecule has 13 heavy (non-hydrogen) atoms. The first kappa shape index (κ1) is 8.97. The van der Waals surface area contributed by atoms with E-state index in [9.17, 15) is 0 Å². The van der Waals surface area contributed by atoms with E-state index < -0.39 is 0 Å². The van der Waals surface area contributed by atoms with Crippen LogP contribution in [0, 0.1) is 0 Å². The van der Waals surface area contributed by atoms with Gasteiger partial charge in [-0.05, 0) is 35.0 Å². The third kappa shape index (κ3) is 2.19. The van der Waals surface area contributed by atoms with Gasteiger partial charge in [0, 0.05) is 25.0 Å². The molecule has 1 atom stereocenters. The van der Waals surface area contributed by atoms with Crippen LogP contribution in [0.2, 0.25) is 0 Å². The highest BCUT2D eigenvalue weighted by Gasteiger charge is 2.14. The molecule has 1 fully saturated rings. The van der Waals surface area contributed by atoms with Gasteiger partial charge in [0.1, 0.15) is 0 Å². The molecule has 0 bridgehead atoms. The SMILES string of the molecule is Brc1cnccc1NC1CCNC1. The normalized spacial score (nSPS) is 21.8. The Labute approximate surface area is 86.1 Å². The van der Waals surface area contributed by atoms with Crippen LogP contribution in [0.5, 0.6) is 0 Å². The van der Waals surface area contributed by atoms with Crippen molar-refractivity contribution in [3.05, 3.63) is 22.9 Å². The molecule has 1 saturated heterocycles. The number of rotatable bonds is 2. The maximum Gasteiger partial charge on any atom is 0.0590 e. The number of nitrogens with zero attached hydrogens (tertiary/aromatic N) is 1. The molecule has 4 heteroatoms. The van der Waals surface area contributed by atoms with E-state index >= 15 is 0 Å². The number of hydrogen-bond acceptors (Lipinski definition) is 3. The average Bonchev–Trinajstić information content (AvgIpc) is 2.61. The number of aromatic nitrogens is 1. The minimum absolute atomic E-state index is 0.554. The molecule has 1 aromatic heterocycles. The summed E-state index contributed by atoms with van der Waals surface area (Å²) in [7, 11) is 0. The number of nitrogens with one attached hydrogen (secondary N) is 2. The van der Waals surface area contributed by atoms with E-state index in [0.29, 0.717) is 6.04 Å². The van der Waals surface area contributed by atoms with Gasteiger partial charge in [0.2, 0.25) is 0 Å². The van der Waals surface area contributed by atoms with Gasteiger partial charge in [0.05, 0.1) is 10.2 Å². The topological polar surface area (TPSA) is 37.0 Å². The lowest BCUT2D eigenvalue weighted by molar-refractivity contribution is 0.792. The molecule has 70 valence electrons. The molecule has 1 aliphatic rings. The fraction of sp³-hybridized carbons (Fsp3) is 0.444. The van der Waals surface area contributed by atoms with Gasteiger partial charge in [0.25, 0.3) is 0 Å². The molecule has 1 aromatic rings. The summed E-state index contributed by atoms with van der Waals surface area (Å²) in [6.45, 7) is 2.16. The van der Waals surface area contributed by atoms with Crippen molar-refractivity contribution < 1.29 is 0 Å². The van der Waals surface area contributed by atoms with Gasteiger partial charge >= 0.3 is 0 Å². The van der Waals surface area contributed by atoms with Crippen LogP contribution in [0.15, 0.2) is 22.9 Å². The third-order valence-corrected chi connectivity index (χ3v) is 2.82. The van der Waals surface area contributed by atoms with E-state index in [1.54, 1.807) is 6.20 Å². The molecule has 0 amide bonds. The molecule has 2 heterocycles. The van der Waals surface area contributed by atoms with Crippen LogP contribution >= 0.6 is 15.9 Å². The van der Waals surface area contributed by atoms with Gasteiger partial charge < -0.3 is 10.6 Å². The molecule has 0 spiro atoms. The van der Waals surface area contributed by atoms with E-state index in [2.05, 4.69) is 31.5 Å². The highest BCUT2D eigenvalue weighted by atomic mass is 79.9. The van der Waals surface area contributed by atoms with Gasteiger partial charge in [-0.25, -0.2) is 0 Å². The van der Waals surface area contributed by atoms with Gasteiger partial charge in [-0.15, -0.1) is 0 Å². The molecule has 1 unspecified atom stereocenters. The zero-order chi connectivity index (χ0) is 9.10. The Hall–Kier alpha value is -0.610. The minimum Gasteiger partial charge on any atom is -0.380 e. The highest BCUT2D eigenvalue weighted by molar-refractivity contribution is 9.10. The second-order valence-electron chi connectivity index (χ2n) is 3.19. The standard InChI is InChI=1S/C9H12BrN3/c10-8-6-12-4-2-9(8)13-7-1-3-11-5-7/h2,4,6-7,11H,1,3,5H2,(H,12,13). The smallest absolute Gasteiger partial charge is 0.0590 e. The van der Waals surface area contributed by atoms with E-state index in [1.807, 2.05) is 12.3 Å². The van der Waals surface area contributed by atoms with Crippen LogP contribution in [0.3, 0.4) is 0 Å². The number of pyridine rings is 1. The summed E-state index contributed by atoms with van der Waals surface area (Å²) in [5.74, 6) is 0. The second-order valence-corrected chi connectivity index (χ2v) is 4.04. The van der Waals surface area contributed by atoms with Crippen molar-refractivity contribution in [1.29, 1.82) is 0 Å². The van der Waals surface area contributed by atoms with Crippen molar-refractivity contribution in [1.82, 2.24) is 10.3 Å². The summed E-state index contributed by atoms with van der Waals surface area (Å²) in [5.41, 5.74) is 1.13. The second kappa shape index (κ2) is 4.07. The molecule has 2 N–H and O–H groups in total. The lowest BCUT2D eigenvalue weighted by atomic mass is 10.2. The summed E-state index contributed by atoms with van der Waals surface area (Å²) in [6, 6.07) is 2.54. The molecule has 0 aliphatic carbocycles. The van der Waals surface area contributed by atoms with E-state index in [0.717, 1.165) is 23.2 Å². The fourth-order valence-electron chi connectivity index (χ4n) is 1.49. The van der Waals surface area contributed by atoms with Crippen molar-refractivity contribution >= 4 is 21.6 Å². The Kier molecular flexibility index (Phi) is 2.80. The molecule has 1 aliphatic heterocycles. The maximum atomic E-state index is 4.02. The minimum atomic E-state index is 0.554. The van der Waals surface area contributed by atoms with Crippen molar-refractivity contribution in [2.24, 2.45) is 0 Å². The molecular formula is C9H12BrN3. The van der Waals surface area contributed by atoms with E-state index in [4.69, 9.17) is 0 Å². The Morgan fingerprint density at radius 1 is 1.62 bits per heavy atom. The first-order valence-electron chi connectivity index (χ1n) is 4.43. The van der Waals surface area contributed by atoms with Crippen LogP contribution < -0.4 is 10.6 Å². The van der Waals surface area contributed by atoms with Crippen LogP contribution in [0.4, 0.5) is 5.69 Å². The van der Waals surface area contributed by atoms with Crippen molar-refractivity contribution in [2.75, 3.05) is 18.4 Å². The Morgan fingerprint density at radius 2 is 2.54 bits per heavy atom. The number of hydrogen-bond donors (Lipinski definition) is 2. The Morgan fingerprint density at radius 3 is 3.23 bits per heavy atom. The van der Waals surface area contributed by atoms with Gasteiger partial charge in [-0.1, -0.05) is 0 Å². The zero-order valence-corrected chi connectivity index (χ0v) is 8.84. The van der Waals surface area contributed by atoms with Crippen LogP contribution in [0.25, 0.3) is 0 Å². The Bertz CT molecular complexity index is 284.